The molecule has 1 saturated heterocycles. The monoisotopic (exact) mass is 297 g/mol. The molecule has 6 heteroatoms. The quantitative estimate of drug-likeness (QED) is 0.825. The Hall–Kier alpha value is -0.980. The Bertz CT molecular complexity index is 516. The van der Waals surface area contributed by atoms with Gasteiger partial charge in [-0.3, -0.25) is 4.98 Å². The molecule has 1 aliphatic rings. The van der Waals surface area contributed by atoms with E-state index in [9.17, 15) is 8.42 Å². The summed E-state index contributed by atoms with van der Waals surface area (Å²) in [7, 11) is 0.721. The largest absolute Gasteiger partial charge is 0.309 e. The number of nitrogens with zero attached hydrogens (tertiary/aromatic N) is 3. The van der Waals surface area contributed by atoms with Gasteiger partial charge in [-0.05, 0) is 58.0 Å². The molecule has 0 amide bonds. The van der Waals surface area contributed by atoms with E-state index >= 15 is 0 Å². The highest BCUT2D eigenvalue weighted by Gasteiger charge is 2.30. The van der Waals surface area contributed by atoms with Crippen LogP contribution in [-0.4, -0.2) is 56.3 Å². The highest BCUT2D eigenvalue weighted by molar-refractivity contribution is 7.89. The molecule has 1 aromatic heterocycles. The number of piperidine rings is 1. The minimum atomic E-state index is -3.38. The van der Waals surface area contributed by atoms with E-state index in [-0.39, 0.29) is 0 Å². The zero-order valence-corrected chi connectivity index (χ0v) is 13.0. The third-order valence-electron chi connectivity index (χ3n) is 3.74. The Balaban J connectivity index is 2.05. The van der Waals surface area contributed by atoms with Gasteiger partial charge in [-0.15, -0.1) is 0 Å². The van der Waals surface area contributed by atoms with Gasteiger partial charge in [0.15, 0.2) is 0 Å². The molecule has 1 aromatic rings. The highest BCUT2D eigenvalue weighted by Crippen LogP contribution is 2.25. The van der Waals surface area contributed by atoms with Gasteiger partial charge in [-0.25, -0.2) is 8.42 Å². The fourth-order valence-electron chi connectivity index (χ4n) is 2.57. The minimum Gasteiger partial charge on any atom is -0.309 e. The molecule has 5 nitrogen and oxygen atoms in total. The van der Waals surface area contributed by atoms with Crippen molar-refractivity contribution in [1.82, 2.24) is 14.2 Å². The number of aromatic nitrogens is 1. The second-order valence-corrected chi connectivity index (χ2v) is 7.59. The maximum atomic E-state index is 12.5. The van der Waals surface area contributed by atoms with Crippen molar-refractivity contribution < 1.29 is 8.42 Å². The average molecular weight is 297 g/mol. The van der Waals surface area contributed by atoms with E-state index in [0.29, 0.717) is 23.9 Å². The minimum absolute atomic E-state index is 0.299. The molecule has 2 rings (SSSR count). The van der Waals surface area contributed by atoms with Crippen LogP contribution in [0.5, 0.6) is 0 Å². The van der Waals surface area contributed by atoms with Crippen LogP contribution in [0.25, 0.3) is 0 Å². The van der Waals surface area contributed by atoms with Crippen LogP contribution < -0.4 is 0 Å². The van der Waals surface area contributed by atoms with Crippen molar-refractivity contribution in [3.63, 3.8) is 0 Å². The van der Waals surface area contributed by atoms with Crippen LogP contribution in [0, 0.1) is 5.92 Å². The van der Waals surface area contributed by atoms with Crippen molar-refractivity contribution in [2.45, 2.75) is 24.2 Å². The molecule has 112 valence electrons. The Morgan fingerprint density at radius 1 is 1.45 bits per heavy atom. The molecule has 0 saturated carbocycles. The van der Waals surface area contributed by atoms with Crippen LogP contribution in [-0.2, 0) is 10.0 Å². The molecule has 0 aliphatic carbocycles. The SMILES string of the molecule is CN(C)CC[C@@H]1CCCN(S(=O)(=O)c2cccnc2)C1. The third kappa shape index (κ3) is 3.77. The fraction of sp³-hybridized carbons (Fsp3) is 0.643. The molecule has 1 aliphatic heterocycles. The molecular weight excluding hydrogens is 274 g/mol. The molecule has 0 aromatic carbocycles. The van der Waals surface area contributed by atoms with Gasteiger partial charge in [-0.2, -0.15) is 4.31 Å². The van der Waals surface area contributed by atoms with Gasteiger partial charge in [0.25, 0.3) is 0 Å². The summed E-state index contributed by atoms with van der Waals surface area (Å²) in [6, 6.07) is 3.28. The normalized spacial score (nSPS) is 21.2. The second-order valence-electron chi connectivity index (χ2n) is 5.65. The summed E-state index contributed by atoms with van der Waals surface area (Å²) in [5, 5.41) is 0. The van der Waals surface area contributed by atoms with E-state index in [0.717, 1.165) is 25.8 Å². The van der Waals surface area contributed by atoms with Crippen molar-refractivity contribution in [2.24, 2.45) is 5.92 Å². The maximum Gasteiger partial charge on any atom is 0.244 e. The van der Waals surface area contributed by atoms with Gasteiger partial charge in [0, 0.05) is 25.5 Å². The summed E-state index contributed by atoms with van der Waals surface area (Å²) in [4.78, 5) is 6.36. The molecule has 0 bridgehead atoms. The summed E-state index contributed by atoms with van der Waals surface area (Å²) in [5.41, 5.74) is 0. The second kappa shape index (κ2) is 6.65. The van der Waals surface area contributed by atoms with E-state index in [1.807, 2.05) is 14.1 Å². The van der Waals surface area contributed by atoms with Crippen molar-refractivity contribution in [3.8, 4) is 0 Å². The maximum absolute atomic E-state index is 12.5. The zero-order valence-electron chi connectivity index (χ0n) is 12.2. The molecule has 0 unspecified atom stereocenters. The number of hydrogen-bond donors (Lipinski definition) is 0. The number of sulfonamides is 1. The Kier molecular flexibility index (Phi) is 5.12. The van der Waals surface area contributed by atoms with Crippen molar-refractivity contribution >= 4 is 10.0 Å². The Morgan fingerprint density at radius 3 is 2.90 bits per heavy atom. The first-order valence-electron chi connectivity index (χ1n) is 7.05. The van der Waals surface area contributed by atoms with Gasteiger partial charge in [-0.1, -0.05) is 0 Å². The lowest BCUT2D eigenvalue weighted by Crippen LogP contribution is -2.40. The third-order valence-corrected chi connectivity index (χ3v) is 5.59. The molecule has 0 N–H and O–H groups in total. The highest BCUT2D eigenvalue weighted by atomic mass is 32.2. The predicted octanol–water partition coefficient (Wildman–Crippen LogP) is 1.43. The lowest BCUT2D eigenvalue weighted by Gasteiger charge is -2.32. The molecule has 2 heterocycles. The van der Waals surface area contributed by atoms with E-state index in [1.54, 1.807) is 22.6 Å². The number of hydrogen-bond acceptors (Lipinski definition) is 4. The van der Waals surface area contributed by atoms with Crippen LogP contribution in [0.15, 0.2) is 29.4 Å². The van der Waals surface area contributed by atoms with Crippen molar-refractivity contribution in [3.05, 3.63) is 24.5 Å². The van der Waals surface area contributed by atoms with E-state index in [2.05, 4.69) is 9.88 Å². The summed E-state index contributed by atoms with van der Waals surface area (Å²) in [6.45, 7) is 2.26. The predicted molar refractivity (Wildman–Crippen MR) is 78.9 cm³/mol. The lowest BCUT2D eigenvalue weighted by molar-refractivity contribution is 0.236. The summed E-state index contributed by atoms with van der Waals surface area (Å²) < 4.78 is 26.7. The van der Waals surface area contributed by atoms with Crippen molar-refractivity contribution in [1.29, 1.82) is 0 Å². The molecular formula is C14H23N3O2S. The first-order chi connectivity index (χ1) is 9.50. The Morgan fingerprint density at radius 2 is 2.25 bits per heavy atom. The standard InChI is InChI=1S/C14H23N3O2S/c1-16(2)10-7-13-5-4-9-17(12-13)20(18,19)14-6-3-8-15-11-14/h3,6,8,11,13H,4-5,7,9-10,12H2,1-2H3/t13-/m0/s1. The summed E-state index contributed by atoms with van der Waals surface area (Å²) >= 11 is 0. The lowest BCUT2D eigenvalue weighted by atomic mass is 9.96. The molecule has 1 atom stereocenters. The van der Waals surface area contributed by atoms with E-state index in [4.69, 9.17) is 0 Å². The fourth-order valence-corrected chi connectivity index (χ4v) is 4.09. The smallest absolute Gasteiger partial charge is 0.244 e. The number of rotatable bonds is 5. The van der Waals surface area contributed by atoms with Gasteiger partial charge in [0.05, 0.1) is 0 Å². The first-order valence-corrected chi connectivity index (χ1v) is 8.49. The van der Waals surface area contributed by atoms with Crippen LogP contribution in [0.3, 0.4) is 0 Å². The molecule has 20 heavy (non-hydrogen) atoms. The van der Waals surface area contributed by atoms with Gasteiger partial charge in [0.2, 0.25) is 10.0 Å². The summed E-state index contributed by atoms with van der Waals surface area (Å²) in [6.07, 6.45) is 6.13. The van der Waals surface area contributed by atoms with Crippen LogP contribution in [0.1, 0.15) is 19.3 Å². The van der Waals surface area contributed by atoms with Crippen LogP contribution in [0.2, 0.25) is 0 Å². The van der Waals surface area contributed by atoms with Gasteiger partial charge in [0.1, 0.15) is 4.90 Å². The zero-order chi connectivity index (χ0) is 14.6. The van der Waals surface area contributed by atoms with E-state index in [1.165, 1.54) is 6.20 Å². The van der Waals surface area contributed by atoms with E-state index < -0.39 is 10.0 Å². The van der Waals surface area contributed by atoms with Crippen LogP contribution >= 0.6 is 0 Å². The molecule has 0 spiro atoms. The first kappa shape index (κ1) is 15.4. The average Bonchev–Trinajstić information content (AvgIpc) is 2.46. The topological polar surface area (TPSA) is 53.5 Å². The Labute approximate surface area is 121 Å². The van der Waals surface area contributed by atoms with Crippen LogP contribution in [0.4, 0.5) is 0 Å². The van der Waals surface area contributed by atoms with Crippen molar-refractivity contribution in [2.75, 3.05) is 33.7 Å². The molecule has 0 radical (unpaired) electrons. The number of pyridine rings is 1. The summed E-state index contributed by atoms with van der Waals surface area (Å²) in [5.74, 6) is 0.456. The molecule has 1 fully saturated rings. The van der Waals surface area contributed by atoms with Gasteiger partial charge >= 0.3 is 0 Å². The van der Waals surface area contributed by atoms with Gasteiger partial charge < -0.3 is 4.90 Å².